The van der Waals surface area contributed by atoms with Gasteiger partial charge < -0.3 is 11.1 Å². The number of halogens is 1. The molecule has 0 bridgehead atoms. The maximum Gasteiger partial charge on any atom is 0.105 e. The molecule has 0 heterocycles. The van der Waals surface area contributed by atoms with E-state index in [0.29, 0.717) is 23.0 Å². The van der Waals surface area contributed by atoms with E-state index in [1.54, 1.807) is 0 Å². The lowest BCUT2D eigenvalue weighted by Gasteiger charge is -2.08. The van der Waals surface area contributed by atoms with Crippen molar-refractivity contribution in [2.45, 2.75) is 6.92 Å². The lowest BCUT2D eigenvalue weighted by molar-refractivity contribution is 0.684. The third kappa shape index (κ3) is 4.73. The zero-order chi connectivity index (χ0) is 12.8. The van der Waals surface area contributed by atoms with Crippen LogP contribution in [0.25, 0.3) is 0 Å². The summed E-state index contributed by atoms with van der Waals surface area (Å²) in [4.78, 5) is 0.371. The summed E-state index contributed by atoms with van der Waals surface area (Å²) >= 11 is 8.33. The van der Waals surface area contributed by atoms with Gasteiger partial charge >= 0.3 is 0 Å². The third-order valence-corrected chi connectivity index (χ3v) is 4.39. The molecule has 3 N–H and O–H groups in total. The lowest BCUT2D eigenvalue weighted by Crippen LogP contribution is -2.13. The van der Waals surface area contributed by atoms with Gasteiger partial charge in [0, 0.05) is 44.6 Å². The van der Waals surface area contributed by atoms with E-state index in [1.165, 1.54) is 0 Å². The molecule has 1 aromatic rings. The summed E-state index contributed by atoms with van der Waals surface area (Å²) in [7, 11) is -0.733. The van der Waals surface area contributed by atoms with Gasteiger partial charge in [0.2, 0.25) is 0 Å². The maximum absolute atomic E-state index is 11.2. The second kappa shape index (κ2) is 7.08. The highest BCUT2D eigenvalue weighted by Crippen LogP contribution is 2.21. The van der Waals surface area contributed by atoms with E-state index in [2.05, 4.69) is 21.2 Å². The molecule has 0 fully saturated rings. The maximum atomic E-state index is 11.2. The molecular weight excluding hydrogens is 320 g/mol. The number of nitrogens with one attached hydrogen (secondary N) is 1. The first-order valence-corrected chi connectivity index (χ1v) is 7.91. The summed E-state index contributed by atoms with van der Waals surface area (Å²) in [6.07, 6.45) is 0. The molecule has 0 saturated carbocycles. The summed E-state index contributed by atoms with van der Waals surface area (Å²) in [5.41, 5.74) is 7.35. The first-order chi connectivity index (χ1) is 8.04. The predicted molar refractivity (Wildman–Crippen MR) is 82.1 cm³/mol. The molecule has 17 heavy (non-hydrogen) atoms. The fraction of sp³-hybridized carbons (Fsp3) is 0.364. The van der Waals surface area contributed by atoms with Gasteiger partial charge in [-0.25, -0.2) is 0 Å². The van der Waals surface area contributed by atoms with Crippen molar-refractivity contribution in [1.82, 2.24) is 0 Å². The largest absolute Gasteiger partial charge is 0.389 e. The quantitative estimate of drug-likeness (QED) is 0.783. The van der Waals surface area contributed by atoms with Crippen molar-refractivity contribution in [3.05, 3.63) is 28.2 Å². The number of benzene rings is 1. The second-order valence-corrected chi connectivity index (χ2v) is 6.58. The minimum absolute atomic E-state index is 0.371. The van der Waals surface area contributed by atoms with Crippen LogP contribution in [0.2, 0.25) is 0 Å². The van der Waals surface area contributed by atoms with Crippen molar-refractivity contribution in [2.24, 2.45) is 5.73 Å². The minimum atomic E-state index is -0.733. The molecule has 1 unspecified atom stereocenters. The molecule has 0 aliphatic rings. The Morgan fingerprint density at radius 1 is 1.59 bits per heavy atom. The highest BCUT2D eigenvalue weighted by atomic mass is 79.9. The van der Waals surface area contributed by atoms with Gasteiger partial charge in [-0.15, -0.1) is 0 Å². The molecule has 0 aliphatic heterocycles. The van der Waals surface area contributed by atoms with E-state index in [0.717, 1.165) is 15.7 Å². The van der Waals surface area contributed by atoms with Crippen LogP contribution < -0.4 is 11.1 Å². The van der Waals surface area contributed by atoms with Gasteiger partial charge in [0.05, 0.1) is 0 Å². The zero-order valence-electron chi connectivity index (χ0n) is 9.53. The van der Waals surface area contributed by atoms with E-state index >= 15 is 0 Å². The normalized spacial score (nSPS) is 12.1. The standard InChI is InChI=1S/C11H15BrN2OS2/c1-2-17(15)6-5-14-8-3-4-9(11(13)16)10(12)7-8/h3-4,7,14H,2,5-6H2,1H3,(H2,13,16). The van der Waals surface area contributed by atoms with Gasteiger partial charge in [-0.05, 0) is 34.1 Å². The van der Waals surface area contributed by atoms with Crippen LogP contribution in [0.1, 0.15) is 12.5 Å². The van der Waals surface area contributed by atoms with Gasteiger partial charge in [0.15, 0.2) is 0 Å². The molecule has 1 aromatic carbocycles. The van der Waals surface area contributed by atoms with Gasteiger partial charge in [0.25, 0.3) is 0 Å². The molecule has 6 heteroatoms. The Hall–Kier alpha value is -0.460. The van der Waals surface area contributed by atoms with Gasteiger partial charge in [-0.2, -0.15) is 0 Å². The van der Waals surface area contributed by atoms with Crippen LogP contribution in [0.3, 0.4) is 0 Å². The molecule has 0 amide bonds. The van der Waals surface area contributed by atoms with Crippen LogP contribution in [0, 0.1) is 0 Å². The van der Waals surface area contributed by atoms with Crippen molar-refractivity contribution < 1.29 is 4.21 Å². The smallest absolute Gasteiger partial charge is 0.105 e. The molecule has 94 valence electrons. The van der Waals surface area contributed by atoms with Crippen LogP contribution >= 0.6 is 28.1 Å². The summed E-state index contributed by atoms with van der Waals surface area (Å²) in [6.45, 7) is 2.61. The number of thiocarbonyl (C=S) groups is 1. The first kappa shape index (κ1) is 14.6. The summed E-state index contributed by atoms with van der Waals surface area (Å²) in [6, 6.07) is 5.70. The lowest BCUT2D eigenvalue weighted by atomic mass is 10.2. The summed E-state index contributed by atoms with van der Waals surface area (Å²) in [5.74, 6) is 1.36. The van der Waals surface area contributed by atoms with Crippen molar-refractivity contribution in [2.75, 3.05) is 23.4 Å². The molecule has 0 radical (unpaired) electrons. The zero-order valence-corrected chi connectivity index (χ0v) is 12.8. The molecule has 0 aliphatic carbocycles. The van der Waals surface area contributed by atoms with Crippen molar-refractivity contribution in [3.8, 4) is 0 Å². The molecular formula is C11H15BrN2OS2. The highest BCUT2D eigenvalue weighted by molar-refractivity contribution is 9.10. The van der Waals surface area contributed by atoms with E-state index < -0.39 is 10.8 Å². The number of hydrogen-bond acceptors (Lipinski definition) is 3. The Kier molecular flexibility index (Phi) is 6.08. The Morgan fingerprint density at radius 3 is 2.82 bits per heavy atom. The fourth-order valence-electron chi connectivity index (χ4n) is 1.28. The monoisotopic (exact) mass is 334 g/mol. The van der Waals surface area contributed by atoms with Gasteiger partial charge in [-0.1, -0.05) is 19.1 Å². The van der Waals surface area contributed by atoms with Crippen LogP contribution in [-0.2, 0) is 10.8 Å². The topological polar surface area (TPSA) is 55.1 Å². The molecule has 3 nitrogen and oxygen atoms in total. The van der Waals surface area contributed by atoms with Crippen molar-refractivity contribution in [1.29, 1.82) is 0 Å². The minimum Gasteiger partial charge on any atom is -0.389 e. The number of anilines is 1. The highest BCUT2D eigenvalue weighted by Gasteiger charge is 2.04. The SMILES string of the molecule is CCS(=O)CCNc1ccc(C(N)=S)c(Br)c1. The van der Waals surface area contributed by atoms with E-state index in [4.69, 9.17) is 18.0 Å². The number of rotatable bonds is 6. The van der Waals surface area contributed by atoms with E-state index in [9.17, 15) is 4.21 Å². The first-order valence-electron chi connectivity index (χ1n) is 5.22. The Morgan fingerprint density at radius 2 is 2.29 bits per heavy atom. The Balaban J connectivity index is 2.59. The fourth-order valence-corrected chi connectivity index (χ4v) is 2.80. The van der Waals surface area contributed by atoms with Crippen LogP contribution in [0.5, 0.6) is 0 Å². The van der Waals surface area contributed by atoms with Crippen LogP contribution in [-0.4, -0.2) is 27.2 Å². The van der Waals surface area contributed by atoms with Crippen LogP contribution in [0.15, 0.2) is 22.7 Å². The Bertz CT molecular complexity index is 437. The van der Waals surface area contributed by atoms with Crippen LogP contribution in [0.4, 0.5) is 5.69 Å². The Labute approximate surface area is 118 Å². The van der Waals surface area contributed by atoms with Gasteiger partial charge in [-0.3, -0.25) is 4.21 Å². The molecule has 1 rings (SSSR count). The summed E-state index contributed by atoms with van der Waals surface area (Å²) < 4.78 is 12.1. The van der Waals surface area contributed by atoms with E-state index in [-0.39, 0.29) is 0 Å². The summed E-state index contributed by atoms with van der Waals surface area (Å²) in [5, 5.41) is 3.21. The van der Waals surface area contributed by atoms with Gasteiger partial charge in [0.1, 0.15) is 4.99 Å². The third-order valence-electron chi connectivity index (χ3n) is 2.22. The molecule has 0 spiro atoms. The van der Waals surface area contributed by atoms with Crippen molar-refractivity contribution in [3.63, 3.8) is 0 Å². The van der Waals surface area contributed by atoms with Crippen molar-refractivity contribution >= 4 is 49.6 Å². The molecule has 1 atom stereocenters. The average molecular weight is 335 g/mol. The number of hydrogen-bond donors (Lipinski definition) is 2. The second-order valence-electron chi connectivity index (χ2n) is 3.42. The van der Waals surface area contributed by atoms with E-state index in [1.807, 2.05) is 25.1 Å². The molecule has 0 saturated heterocycles. The average Bonchev–Trinajstić information content (AvgIpc) is 2.28. The number of nitrogens with two attached hydrogens (primary N) is 1. The molecule has 0 aromatic heterocycles. The predicted octanol–water partition coefficient (Wildman–Crippen LogP) is 2.26.